The van der Waals surface area contributed by atoms with Crippen molar-refractivity contribution in [3.8, 4) is 0 Å². The van der Waals surface area contributed by atoms with E-state index < -0.39 is 17.3 Å². The number of aromatic nitrogens is 1. The number of nitrogens with one attached hydrogen (secondary N) is 1. The Morgan fingerprint density at radius 3 is 2.88 bits per heavy atom. The predicted octanol–water partition coefficient (Wildman–Crippen LogP) is 1.38. The molecule has 17 heavy (non-hydrogen) atoms. The number of rotatable bonds is 5. The molecular weight excluding hydrogens is 223 g/mol. The van der Waals surface area contributed by atoms with Gasteiger partial charge in [0.05, 0.1) is 19.0 Å². The van der Waals surface area contributed by atoms with Crippen LogP contribution in [0.15, 0.2) is 31.0 Å². The van der Waals surface area contributed by atoms with Crippen LogP contribution in [-0.4, -0.2) is 24.6 Å². The highest BCUT2D eigenvalue weighted by Gasteiger charge is 2.37. The van der Waals surface area contributed by atoms with E-state index in [9.17, 15) is 9.18 Å². The molecule has 1 rings (SSSR count). The normalized spacial score (nSPS) is 13.8. The molecule has 0 saturated heterocycles. The van der Waals surface area contributed by atoms with Gasteiger partial charge in [0.15, 0.2) is 5.54 Å². The summed E-state index contributed by atoms with van der Waals surface area (Å²) in [6.07, 6.45) is 2.68. The molecular formula is C12H15FN2O2. The van der Waals surface area contributed by atoms with Crippen LogP contribution in [0.5, 0.6) is 0 Å². The smallest absolute Gasteiger partial charge is 0.332 e. The van der Waals surface area contributed by atoms with Crippen LogP contribution in [0.4, 0.5) is 4.39 Å². The van der Waals surface area contributed by atoms with Gasteiger partial charge in [0.2, 0.25) is 0 Å². The summed E-state index contributed by atoms with van der Waals surface area (Å²) in [7, 11) is 1.29. The summed E-state index contributed by atoms with van der Waals surface area (Å²) in [5, 5.41) is 2.95. The number of ether oxygens (including phenoxy) is 1. The first-order valence-corrected chi connectivity index (χ1v) is 5.11. The van der Waals surface area contributed by atoms with E-state index in [2.05, 4.69) is 16.9 Å². The molecule has 4 nitrogen and oxygen atoms in total. The second kappa shape index (κ2) is 5.54. The molecule has 0 amide bonds. The number of pyridine rings is 1. The van der Waals surface area contributed by atoms with E-state index >= 15 is 0 Å². The van der Waals surface area contributed by atoms with E-state index in [1.807, 2.05) is 0 Å². The Hall–Kier alpha value is -1.75. The molecule has 0 spiro atoms. The third kappa shape index (κ3) is 2.88. The topological polar surface area (TPSA) is 51.2 Å². The van der Waals surface area contributed by atoms with Gasteiger partial charge in [-0.25, -0.2) is 9.18 Å². The second-order valence-corrected chi connectivity index (χ2v) is 3.65. The highest BCUT2D eigenvalue weighted by Crippen LogP contribution is 2.20. The van der Waals surface area contributed by atoms with Gasteiger partial charge in [-0.1, -0.05) is 6.08 Å². The highest BCUT2D eigenvalue weighted by molar-refractivity contribution is 5.81. The van der Waals surface area contributed by atoms with Crippen molar-refractivity contribution in [2.45, 2.75) is 12.5 Å². The lowest BCUT2D eigenvalue weighted by molar-refractivity contribution is -0.148. The quantitative estimate of drug-likeness (QED) is 0.622. The number of methoxy groups -OCH3 is 1. The zero-order valence-corrected chi connectivity index (χ0v) is 9.87. The lowest BCUT2D eigenvalue weighted by Crippen LogP contribution is -2.48. The number of hydrogen-bond donors (Lipinski definition) is 1. The molecule has 0 aliphatic heterocycles. The Kier molecular flexibility index (Phi) is 4.34. The third-order valence-electron chi connectivity index (χ3n) is 2.43. The molecule has 0 aliphatic carbocycles. The number of halogens is 1. The number of hydrogen-bond acceptors (Lipinski definition) is 4. The SMILES string of the molecule is C=CCNC(C)(C(=O)OC)c1ccc(F)cn1. The van der Waals surface area contributed by atoms with Crippen LogP contribution in [-0.2, 0) is 15.1 Å². The summed E-state index contributed by atoms with van der Waals surface area (Å²) in [5.41, 5.74) is -0.719. The molecule has 0 bridgehead atoms. The first-order chi connectivity index (χ1) is 8.04. The molecule has 92 valence electrons. The molecule has 0 aliphatic rings. The predicted molar refractivity (Wildman–Crippen MR) is 61.8 cm³/mol. The number of esters is 1. The van der Waals surface area contributed by atoms with Gasteiger partial charge in [-0.15, -0.1) is 6.58 Å². The Balaban J connectivity index is 3.08. The van der Waals surface area contributed by atoms with Gasteiger partial charge in [-0.2, -0.15) is 0 Å². The molecule has 1 aromatic heterocycles. The van der Waals surface area contributed by atoms with E-state index in [1.165, 1.54) is 19.2 Å². The summed E-state index contributed by atoms with van der Waals surface area (Å²) >= 11 is 0. The summed E-state index contributed by atoms with van der Waals surface area (Å²) in [4.78, 5) is 15.7. The van der Waals surface area contributed by atoms with Gasteiger partial charge in [0.1, 0.15) is 5.82 Å². The van der Waals surface area contributed by atoms with Crippen LogP contribution in [0.1, 0.15) is 12.6 Å². The van der Waals surface area contributed by atoms with Crippen molar-refractivity contribution in [1.29, 1.82) is 0 Å². The van der Waals surface area contributed by atoms with Gasteiger partial charge in [0, 0.05) is 6.54 Å². The van der Waals surface area contributed by atoms with Crippen LogP contribution in [0.25, 0.3) is 0 Å². The molecule has 1 atom stereocenters. The van der Waals surface area contributed by atoms with E-state index in [0.717, 1.165) is 6.20 Å². The summed E-state index contributed by atoms with van der Waals surface area (Å²) in [6, 6.07) is 2.70. The maximum absolute atomic E-state index is 12.8. The molecule has 1 unspecified atom stereocenters. The fraction of sp³-hybridized carbons (Fsp3) is 0.333. The molecule has 5 heteroatoms. The van der Waals surface area contributed by atoms with Crippen molar-refractivity contribution in [1.82, 2.24) is 10.3 Å². The van der Waals surface area contributed by atoms with E-state index in [0.29, 0.717) is 12.2 Å². The Morgan fingerprint density at radius 2 is 2.41 bits per heavy atom. The molecule has 0 saturated carbocycles. The van der Waals surface area contributed by atoms with E-state index in [-0.39, 0.29) is 0 Å². The van der Waals surface area contributed by atoms with E-state index in [1.54, 1.807) is 13.0 Å². The van der Waals surface area contributed by atoms with Gasteiger partial charge in [0.25, 0.3) is 0 Å². The third-order valence-corrected chi connectivity index (χ3v) is 2.43. The van der Waals surface area contributed by atoms with Crippen molar-refractivity contribution < 1.29 is 13.9 Å². The Bertz CT molecular complexity index is 405. The number of carbonyl (C=O) groups is 1. The van der Waals surface area contributed by atoms with Crippen molar-refractivity contribution in [2.24, 2.45) is 0 Å². The lowest BCUT2D eigenvalue weighted by Gasteiger charge is -2.26. The first kappa shape index (κ1) is 13.3. The molecule has 1 N–H and O–H groups in total. The molecule has 0 radical (unpaired) electrons. The fourth-order valence-electron chi connectivity index (χ4n) is 1.42. The van der Waals surface area contributed by atoms with Gasteiger partial charge in [-0.05, 0) is 19.1 Å². The summed E-state index contributed by atoms with van der Waals surface area (Å²) < 4.78 is 17.5. The average Bonchev–Trinajstić information content (AvgIpc) is 2.35. The van der Waals surface area contributed by atoms with Crippen molar-refractivity contribution >= 4 is 5.97 Å². The maximum Gasteiger partial charge on any atom is 0.332 e. The summed E-state index contributed by atoms with van der Waals surface area (Å²) in [6.45, 7) is 5.60. The van der Waals surface area contributed by atoms with Crippen molar-refractivity contribution in [3.05, 3.63) is 42.5 Å². The standard InChI is InChI=1S/C12H15FN2O2/c1-4-7-15-12(2,11(16)17-3)10-6-5-9(13)8-14-10/h4-6,8,15H,1,7H2,2-3H3. The Labute approximate surface area is 99.5 Å². The fourth-order valence-corrected chi connectivity index (χ4v) is 1.42. The van der Waals surface area contributed by atoms with Crippen LogP contribution >= 0.6 is 0 Å². The summed E-state index contributed by atoms with van der Waals surface area (Å²) in [5.74, 6) is -0.942. The lowest BCUT2D eigenvalue weighted by atomic mass is 9.97. The number of nitrogens with zero attached hydrogens (tertiary/aromatic N) is 1. The highest BCUT2D eigenvalue weighted by atomic mass is 19.1. The zero-order valence-electron chi connectivity index (χ0n) is 9.87. The minimum absolute atomic E-state index is 0.396. The Morgan fingerprint density at radius 1 is 1.71 bits per heavy atom. The van der Waals surface area contributed by atoms with Crippen molar-refractivity contribution in [2.75, 3.05) is 13.7 Å². The van der Waals surface area contributed by atoms with Crippen LogP contribution in [0, 0.1) is 5.82 Å². The monoisotopic (exact) mass is 238 g/mol. The van der Waals surface area contributed by atoms with E-state index in [4.69, 9.17) is 4.74 Å². The molecule has 0 fully saturated rings. The minimum atomic E-state index is -1.11. The average molecular weight is 238 g/mol. The first-order valence-electron chi connectivity index (χ1n) is 5.11. The maximum atomic E-state index is 12.8. The molecule has 1 heterocycles. The zero-order chi connectivity index (χ0) is 12.9. The van der Waals surface area contributed by atoms with Crippen LogP contribution < -0.4 is 5.32 Å². The van der Waals surface area contributed by atoms with Crippen LogP contribution in [0.2, 0.25) is 0 Å². The van der Waals surface area contributed by atoms with Gasteiger partial charge < -0.3 is 4.74 Å². The van der Waals surface area contributed by atoms with Crippen LogP contribution in [0.3, 0.4) is 0 Å². The van der Waals surface area contributed by atoms with Gasteiger partial charge >= 0.3 is 5.97 Å². The molecule has 0 aromatic carbocycles. The molecule has 1 aromatic rings. The second-order valence-electron chi connectivity index (χ2n) is 3.65. The van der Waals surface area contributed by atoms with Gasteiger partial charge in [-0.3, -0.25) is 10.3 Å². The largest absolute Gasteiger partial charge is 0.467 e. The number of carbonyl (C=O) groups excluding carboxylic acids is 1. The van der Waals surface area contributed by atoms with Crippen molar-refractivity contribution in [3.63, 3.8) is 0 Å². The minimum Gasteiger partial charge on any atom is -0.467 e.